The van der Waals surface area contributed by atoms with E-state index in [1.165, 1.54) is 0 Å². The van der Waals surface area contributed by atoms with Crippen LogP contribution < -0.4 is 0 Å². The van der Waals surface area contributed by atoms with E-state index < -0.39 is 11.9 Å². The lowest BCUT2D eigenvalue weighted by molar-refractivity contribution is -0.137. The van der Waals surface area contributed by atoms with Crippen molar-refractivity contribution in [2.45, 2.75) is 25.7 Å². The molecule has 4 heteroatoms. The van der Waals surface area contributed by atoms with Crippen LogP contribution in [0.2, 0.25) is 0 Å². The van der Waals surface area contributed by atoms with Gasteiger partial charge in [-0.2, -0.15) is 0 Å². The van der Waals surface area contributed by atoms with Gasteiger partial charge in [0.25, 0.3) is 0 Å². The van der Waals surface area contributed by atoms with Crippen molar-refractivity contribution >= 4 is 11.9 Å². The van der Waals surface area contributed by atoms with E-state index in [0.717, 1.165) is 5.56 Å². The van der Waals surface area contributed by atoms with Crippen LogP contribution in [0.1, 0.15) is 35.2 Å². The Morgan fingerprint density at radius 3 is 2.38 bits per heavy atom. The Labute approximate surface area is 93.5 Å². The molecule has 0 spiro atoms. The van der Waals surface area contributed by atoms with E-state index >= 15 is 0 Å². The van der Waals surface area contributed by atoms with Gasteiger partial charge in [0.2, 0.25) is 0 Å². The summed E-state index contributed by atoms with van der Waals surface area (Å²) in [4.78, 5) is 21.2. The van der Waals surface area contributed by atoms with Gasteiger partial charge in [0.15, 0.2) is 0 Å². The lowest BCUT2D eigenvalue weighted by atomic mass is 10.0. The third-order valence-corrected chi connectivity index (χ3v) is 2.33. The average Bonchev–Trinajstić information content (AvgIpc) is 2.24. The molecule has 0 atom stereocenters. The minimum atomic E-state index is -0.936. The Kier molecular flexibility index (Phi) is 4.51. The summed E-state index contributed by atoms with van der Waals surface area (Å²) in [6, 6.07) is 6.81. The van der Waals surface area contributed by atoms with Crippen molar-refractivity contribution in [2.75, 3.05) is 0 Å². The molecule has 0 aromatic heterocycles. The van der Waals surface area contributed by atoms with Crippen LogP contribution in [-0.4, -0.2) is 22.2 Å². The summed E-state index contributed by atoms with van der Waals surface area (Å²) in [5.74, 6) is -1.75. The molecule has 0 radical (unpaired) electrons. The van der Waals surface area contributed by atoms with Crippen molar-refractivity contribution in [3.05, 3.63) is 35.4 Å². The highest BCUT2D eigenvalue weighted by atomic mass is 16.4. The number of aryl methyl sites for hydroxylation is 1. The lowest BCUT2D eigenvalue weighted by Crippen LogP contribution is -2.02. The van der Waals surface area contributed by atoms with E-state index in [4.69, 9.17) is 10.2 Å². The zero-order valence-electron chi connectivity index (χ0n) is 8.85. The first-order valence-corrected chi connectivity index (χ1v) is 5.14. The van der Waals surface area contributed by atoms with Gasteiger partial charge in [0.05, 0.1) is 5.56 Å². The summed E-state index contributed by atoms with van der Waals surface area (Å²) in [7, 11) is 0. The van der Waals surface area contributed by atoms with Gasteiger partial charge in [-0.15, -0.1) is 0 Å². The maximum Gasteiger partial charge on any atom is 0.335 e. The Bertz CT molecular complexity index is 384. The predicted molar refractivity (Wildman–Crippen MR) is 58.6 cm³/mol. The molecule has 4 nitrogen and oxygen atoms in total. The fourth-order valence-electron chi connectivity index (χ4n) is 1.54. The molecule has 0 aliphatic heterocycles. The number of hydrogen-bond donors (Lipinski definition) is 2. The Hall–Kier alpha value is -1.84. The number of carboxylic acids is 2. The van der Waals surface area contributed by atoms with Crippen LogP contribution in [0, 0.1) is 0 Å². The number of benzene rings is 1. The molecule has 0 saturated carbocycles. The second kappa shape index (κ2) is 5.90. The third-order valence-electron chi connectivity index (χ3n) is 2.33. The summed E-state index contributed by atoms with van der Waals surface area (Å²) in [6.45, 7) is 0. The number of rotatable bonds is 6. The fraction of sp³-hybridized carbons (Fsp3) is 0.333. The van der Waals surface area contributed by atoms with E-state index in [1.807, 2.05) is 0 Å². The van der Waals surface area contributed by atoms with Crippen molar-refractivity contribution < 1.29 is 19.8 Å². The van der Waals surface area contributed by atoms with Crippen LogP contribution in [0.4, 0.5) is 0 Å². The highest BCUT2D eigenvalue weighted by molar-refractivity contribution is 5.89. The zero-order valence-corrected chi connectivity index (χ0v) is 8.85. The molecule has 0 amide bonds. The van der Waals surface area contributed by atoms with E-state index in [9.17, 15) is 9.59 Å². The van der Waals surface area contributed by atoms with Crippen LogP contribution in [0.5, 0.6) is 0 Å². The molecule has 0 heterocycles. The number of aliphatic carboxylic acids is 1. The average molecular weight is 222 g/mol. The number of carbonyl (C=O) groups is 2. The van der Waals surface area contributed by atoms with Crippen molar-refractivity contribution in [1.82, 2.24) is 0 Å². The smallest absolute Gasteiger partial charge is 0.335 e. The molecule has 86 valence electrons. The Balaban J connectivity index is 2.53. The third kappa shape index (κ3) is 3.73. The minimum absolute atomic E-state index is 0.134. The summed E-state index contributed by atoms with van der Waals surface area (Å²) in [5.41, 5.74) is 1.07. The van der Waals surface area contributed by atoms with Gasteiger partial charge in [-0.05, 0) is 30.9 Å². The number of aromatic carboxylic acids is 1. The maximum atomic E-state index is 10.9. The molecule has 0 bridgehead atoms. The highest BCUT2D eigenvalue weighted by Crippen LogP contribution is 2.12. The first kappa shape index (κ1) is 12.2. The first-order chi connectivity index (χ1) is 7.61. The monoisotopic (exact) mass is 222 g/mol. The van der Waals surface area contributed by atoms with Gasteiger partial charge >= 0.3 is 11.9 Å². The molecule has 0 aliphatic rings. The fourth-order valence-corrected chi connectivity index (χ4v) is 1.54. The highest BCUT2D eigenvalue weighted by Gasteiger charge is 2.08. The van der Waals surface area contributed by atoms with Crippen molar-refractivity contribution in [3.63, 3.8) is 0 Å². The molecule has 1 aromatic carbocycles. The molecular weight excluding hydrogens is 208 g/mol. The van der Waals surface area contributed by atoms with Crippen LogP contribution in [-0.2, 0) is 11.2 Å². The first-order valence-electron chi connectivity index (χ1n) is 5.14. The van der Waals surface area contributed by atoms with Gasteiger partial charge in [-0.1, -0.05) is 18.2 Å². The van der Waals surface area contributed by atoms with E-state index in [0.29, 0.717) is 24.8 Å². The van der Waals surface area contributed by atoms with Gasteiger partial charge < -0.3 is 10.2 Å². The summed E-state index contributed by atoms with van der Waals surface area (Å²) < 4.78 is 0. The molecule has 0 saturated heterocycles. The minimum Gasteiger partial charge on any atom is -0.481 e. The second-order valence-electron chi connectivity index (χ2n) is 3.56. The van der Waals surface area contributed by atoms with E-state index in [-0.39, 0.29) is 6.42 Å². The molecule has 16 heavy (non-hydrogen) atoms. The van der Waals surface area contributed by atoms with Crippen molar-refractivity contribution in [1.29, 1.82) is 0 Å². The number of unbranched alkanes of at least 4 members (excludes halogenated alkanes) is 1. The van der Waals surface area contributed by atoms with Crippen LogP contribution >= 0.6 is 0 Å². The van der Waals surface area contributed by atoms with Gasteiger partial charge in [0, 0.05) is 6.42 Å². The maximum absolute atomic E-state index is 10.9. The Morgan fingerprint density at radius 1 is 1.06 bits per heavy atom. The van der Waals surface area contributed by atoms with Crippen LogP contribution in [0.15, 0.2) is 24.3 Å². The second-order valence-corrected chi connectivity index (χ2v) is 3.56. The van der Waals surface area contributed by atoms with Gasteiger partial charge in [-0.3, -0.25) is 4.79 Å². The topological polar surface area (TPSA) is 74.6 Å². The molecule has 1 rings (SSSR count). The van der Waals surface area contributed by atoms with Crippen molar-refractivity contribution in [2.24, 2.45) is 0 Å². The van der Waals surface area contributed by atoms with Crippen LogP contribution in [0.3, 0.4) is 0 Å². The Morgan fingerprint density at radius 2 is 1.75 bits per heavy atom. The standard InChI is InChI=1S/C12H14O4/c13-11(14)8-4-2-6-9-5-1-3-7-10(9)12(15)16/h1,3,5,7H,2,4,6,8H2,(H,13,14)(H,15,16). The SMILES string of the molecule is O=C(O)CCCCc1ccccc1C(=O)O. The molecule has 1 aromatic rings. The van der Waals surface area contributed by atoms with Crippen LogP contribution in [0.25, 0.3) is 0 Å². The predicted octanol–water partition coefficient (Wildman–Crippen LogP) is 2.18. The number of hydrogen-bond acceptors (Lipinski definition) is 2. The van der Waals surface area contributed by atoms with E-state index in [1.54, 1.807) is 24.3 Å². The summed E-state index contributed by atoms with van der Waals surface area (Å²) in [6.07, 6.45) is 2.00. The lowest BCUT2D eigenvalue weighted by Gasteiger charge is -2.04. The quantitative estimate of drug-likeness (QED) is 0.723. The summed E-state index contributed by atoms with van der Waals surface area (Å²) in [5, 5.41) is 17.4. The summed E-state index contributed by atoms with van der Waals surface area (Å²) >= 11 is 0. The molecule has 0 aliphatic carbocycles. The van der Waals surface area contributed by atoms with Gasteiger partial charge in [-0.25, -0.2) is 4.79 Å². The number of carboxylic acid groups (broad SMARTS) is 2. The molecular formula is C12H14O4. The largest absolute Gasteiger partial charge is 0.481 e. The van der Waals surface area contributed by atoms with Gasteiger partial charge in [0.1, 0.15) is 0 Å². The zero-order chi connectivity index (χ0) is 12.0. The normalized spacial score (nSPS) is 10.0. The molecule has 2 N–H and O–H groups in total. The van der Waals surface area contributed by atoms with E-state index in [2.05, 4.69) is 0 Å². The van der Waals surface area contributed by atoms with Crippen molar-refractivity contribution in [3.8, 4) is 0 Å². The molecule has 0 fully saturated rings. The molecule has 0 unspecified atom stereocenters.